The average molecular weight is 246 g/mol. The highest BCUT2D eigenvalue weighted by atomic mass is 16.5. The molecule has 0 bridgehead atoms. The molecule has 17 heavy (non-hydrogen) atoms. The highest BCUT2D eigenvalue weighted by molar-refractivity contribution is 5.81. The molecule has 3 unspecified atom stereocenters. The van der Waals surface area contributed by atoms with Crippen molar-refractivity contribution in [1.29, 1.82) is 0 Å². The molecule has 98 valence electrons. The van der Waals surface area contributed by atoms with Crippen molar-refractivity contribution < 1.29 is 24.5 Å². The Labute approximate surface area is 99.1 Å². The van der Waals surface area contributed by atoms with Crippen molar-refractivity contribution in [1.82, 2.24) is 10.6 Å². The molecule has 0 aromatic rings. The first-order chi connectivity index (χ1) is 8.06. The van der Waals surface area contributed by atoms with E-state index < -0.39 is 12.1 Å². The summed E-state index contributed by atoms with van der Waals surface area (Å²) in [6.45, 7) is 3.15. The van der Waals surface area contributed by atoms with Crippen molar-refractivity contribution in [3.63, 3.8) is 0 Å². The third-order valence-electron chi connectivity index (χ3n) is 2.64. The Kier molecular flexibility index (Phi) is 5.33. The van der Waals surface area contributed by atoms with Crippen molar-refractivity contribution in [2.24, 2.45) is 5.92 Å². The average Bonchev–Trinajstić information content (AvgIpc) is 2.74. The molecule has 1 aliphatic rings. The summed E-state index contributed by atoms with van der Waals surface area (Å²) in [6.07, 6.45) is -1.57. The maximum Gasteiger partial charge on any atom is 0.334 e. The highest BCUT2D eigenvalue weighted by Crippen LogP contribution is 2.13. The van der Waals surface area contributed by atoms with Gasteiger partial charge < -0.3 is 25.6 Å². The van der Waals surface area contributed by atoms with Gasteiger partial charge in [0.25, 0.3) is 0 Å². The van der Waals surface area contributed by atoms with Gasteiger partial charge in [-0.15, -0.1) is 0 Å². The van der Waals surface area contributed by atoms with Gasteiger partial charge in [-0.3, -0.25) is 4.79 Å². The zero-order valence-corrected chi connectivity index (χ0v) is 9.68. The van der Waals surface area contributed by atoms with E-state index in [-0.39, 0.29) is 24.4 Å². The summed E-state index contributed by atoms with van der Waals surface area (Å²) in [6, 6.07) is -0.0537. The molecule has 1 saturated heterocycles. The summed E-state index contributed by atoms with van der Waals surface area (Å²) in [5.74, 6) is -1.99. The first-order valence-corrected chi connectivity index (χ1v) is 5.56. The monoisotopic (exact) mass is 246 g/mol. The number of hydrogen-bond donors (Lipinski definition) is 4. The SMILES string of the molecule is CCNC1COCC1C(=O)NCC(O)C(=O)O. The Morgan fingerprint density at radius 1 is 1.47 bits per heavy atom. The largest absolute Gasteiger partial charge is 0.479 e. The Bertz CT molecular complexity index is 284. The predicted octanol–water partition coefficient (Wildman–Crippen LogP) is -1.83. The third-order valence-corrected chi connectivity index (χ3v) is 2.64. The second-order valence-electron chi connectivity index (χ2n) is 3.91. The van der Waals surface area contributed by atoms with Crippen LogP contribution in [0.5, 0.6) is 0 Å². The second kappa shape index (κ2) is 6.53. The van der Waals surface area contributed by atoms with Crippen molar-refractivity contribution in [2.45, 2.75) is 19.1 Å². The Morgan fingerprint density at radius 3 is 2.76 bits per heavy atom. The molecular formula is C10H18N2O5. The quantitative estimate of drug-likeness (QED) is 0.439. The molecule has 0 aliphatic carbocycles. The van der Waals surface area contributed by atoms with Gasteiger partial charge in [-0.25, -0.2) is 4.79 Å². The normalized spacial score (nSPS) is 25.5. The molecule has 1 rings (SSSR count). The van der Waals surface area contributed by atoms with E-state index in [1.807, 2.05) is 6.92 Å². The van der Waals surface area contributed by atoms with Crippen molar-refractivity contribution in [3.8, 4) is 0 Å². The number of rotatable bonds is 6. The van der Waals surface area contributed by atoms with Crippen molar-refractivity contribution in [2.75, 3.05) is 26.3 Å². The third kappa shape index (κ3) is 3.95. The molecule has 3 atom stereocenters. The number of amides is 1. The number of likely N-dealkylation sites (N-methyl/N-ethyl adjacent to an activating group) is 1. The van der Waals surface area contributed by atoms with Crippen LogP contribution < -0.4 is 10.6 Å². The van der Waals surface area contributed by atoms with Crippen molar-refractivity contribution in [3.05, 3.63) is 0 Å². The lowest BCUT2D eigenvalue weighted by Crippen LogP contribution is -2.46. The maximum atomic E-state index is 11.7. The smallest absolute Gasteiger partial charge is 0.334 e. The molecule has 0 spiro atoms. The lowest BCUT2D eigenvalue weighted by molar-refractivity contribution is -0.146. The topological polar surface area (TPSA) is 108 Å². The van der Waals surface area contributed by atoms with Gasteiger partial charge in [-0.05, 0) is 6.54 Å². The van der Waals surface area contributed by atoms with Gasteiger partial charge in [0.2, 0.25) is 5.91 Å². The lowest BCUT2D eigenvalue weighted by Gasteiger charge is -2.18. The number of carbonyl (C=O) groups is 2. The van der Waals surface area contributed by atoms with Crippen LogP contribution in [-0.2, 0) is 14.3 Å². The Balaban J connectivity index is 2.38. The number of hydrogen-bond acceptors (Lipinski definition) is 5. The van der Waals surface area contributed by atoms with Crippen LogP contribution in [0.25, 0.3) is 0 Å². The number of carbonyl (C=O) groups excluding carboxylic acids is 1. The molecule has 0 saturated carbocycles. The zero-order chi connectivity index (χ0) is 12.8. The summed E-state index contributed by atoms with van der Waals surface area (Å²) in [5.41, 5.74) is 0. The summed E-state index contributed by atoms with van der Waals surface area (Å²) in [4.78, 5) is 22.1. The van der Waals surface area contributed by atoms with E-state index in [0.717, 1.165) is 6.54 Å². The second-order valence-corrected chi connectivity index (χ2v) is 3.91. The maximum absolute atomic E-state index is 11.7. The minimum atomic E-state index is -1.57. The van der Waals surface area contributed by atoms with Crippen LogP contribution >= 0.6 is 0 Å². The van der Waals surface area contributed by atoms with E-state index in [4.69, 9.17) is 14.9 Å². The molecule has 1 amide bonds. The number of ether oxygens (including phenoxy) is 1. The van der Waals surface area contributed by atoms with Crippen LogP contribution in [0.2, 0.25) is 0 Å². The number of aliphatic carboxylic acids is 1. The van der Waals surface area contributed by atoms with E-state index in [1.165, 1.54) is 0 Å². The summed E-state index contributed by atoms with van der Waals surface area (Å²) < 4.78 is 5.20. The van der Waals surface area contributed by atoms with Crippen LogP contribution in [0.3, 0.4) is 0 Å². The molecule has 1 fully saturated rings. The van der Waals surface area contributed by atoms with Crippen LogP contribution in [0, 0.1) is 5.92 Å². The first kappa shape index (κ1) is 13.9. The highest BCUT2D eigenvalue weighted by Gasteiger charge is 2.33. The van der Waals surface area contributed by atoms with E-state index in [2.05, 4.69) is 10.6 Å². The van der Waals surface area contributed by atoms with Crippen LogP contribution in [-0.4, -0.2) is 60.5 Å². The Hall–Kier alpha value is -1.18. The molecule has 7 heteroatoms. The first-order valence-electron chi connectivity index (χ1n) is 5.56. The van der Waals surface area contributed by atoms with Gasteiger partial charge in [0.05, 0.1) is 25.7 Å². The van der Waals surface area contributed by atoms with E-state index in [1.54, 1.807) is 0 Å². The van der Waals surface area contributed by atoms with Crippen LogP contribution in [0.1, 0.15) is 6.92 Å². The fourth-order valence-corrected chi connectivity index (χ4v) is 1.69. The molecule has 1 aliphatic heterocycles. The summed E-state index contributed by atoms with van der Waals surface area (Å²) >= 11 is 0. The molecule has 1 heterocycles. The van der Waals surface area contributed by atoms with E-state index in [9.17, 15) is 9.59 Å². The summed E-state index contributed by atoms with van der Waals surface area (Å²) in [7, 11) is 0. The molecule has 7 nitrogen and oxygen atoms in total. The number of aliphatic hydroxyl groups is 1. The molecule has 0 aromatic heterocycles. The van der Waals surface area contributed by atoms with Gasteiger partial charge >= 0.3 is 5.97 Å². The fourth-order valence-electron chi connectivity index (χ4n) is 1.69. The Morgan fingerprint density at radius 2 is 2.18 bits per heavy atom. The number of aliphatic hydroxyl groups excluding tert-OH is 1. The standard InChI is InChI=1S/C10H18N2O5/c1-2-11-7-5-17-4-6(7)9(14)12-3-8(13)10(15)16/h6-8,11,13H,2-5H2,1H3,(H,12,14)(H,15,16). The lowest BCUT2D eigenvalue weighted by atomic mass is 10.0. The molecule has 0 radical (unpaired) electrons. The van der Waals surface area contributed by atoms with Crippen molar-refractivity contribution >= 4 is 11.9 Å². The molecular weight excluding hydrogens is 228 g/mol. The minimum Gasteiger partial charge on any atom is -0.479 e. The van der Waals surface area contributed by atoms with Crippen LogP contribution in [0.15, 0.2) is 0 Å². The molecule has 4 N–H and O–H groups in total. The number of carboxylic acids is 1. The van der Waals surface area contributed by atoms with Crippen LogP contribution in [0.4, 0.5) is 0 Å². The van der Waals surface area contributed by atoms with E-state index >= 15 is 0 Å². The van der Waals surface area contributed by atoms with Gasteiger partial charge in [0, 0.05) is 6.04 Å². The van der Waals surface area contributed by atoms with Gasteiger partial charge in [-0.2, -0.15) is 0 Å². The zero-order valence-electron chi connectivity index (χ0n) is 9.68. The van der Waals surface area contributed by atoms with E-state index in [0.29, 0.717) is 13.2 Å². The van der Waals surface area contributed by atoms with Gasteiger partial charge in [0.1, 0.15) is 0 Å². The number of carboxylic acid groups (broad SMARTS) is 1. The molecule has 0 aromatic carbocycles. The predicted molar refractivity (Wildman–Crippen MR) is 58.4 cm³/mol. The minimum absolute atomic E-state index is 0.0537. The summed E-state index contributed by atoms with van der Waals surface area (Å²) in [5, 5.41) is 23.0. The number of nitrogens with one attached hydrogen (secondary N) is 2. The van der Waals surface area contributed by atoms with Gasteiger partial charge in [-0.1, -0.05) is 6.92 Å². The fraction of sp³-hybridized carbons (Fsp3) is 0.800. The van der Waals surface area contributed by atoms with Gasteiger partial charge in [0.15, 0.2) is 6.10 Å².